The summed E-state index contributed by atoms with van der Waals surface area (Å²) in [6.45, 7) is 0. The Morgan fingerprint density at radius 3 is 1.58 bits per heavy atom. The van der Waals surface area contributed by atoms with Crippen molar-refractivity contribution in [2.75, 3.05) is 0 Å². The molecule has 0 amide bonds. The topological polar surface area (TPSA) is 57.4 Å². The van der Waals surface area contributed by atoms with Crippen molar-refractivity contribution in [1.29, 1.82) is 10.5 Å². The van der Waals surface area contributed by atoms with Crippen LogP contribution in [0.25, 0.3) is 77.2 Å². The molecular formula is C44H26N4. The summed E-state index contributed by atoms with van der Waals surface area (Å²) in [7, 11) is 0. The van der Waals surface area contributed by atoms with Gasteiger partial charge in [-0.05, 0) is 89.0 Å². The molecule has 0 N–H and O–H groups in total. The number of nitriles is 2. The SMILES string of the molecule is N#Cc1ccc2c(c1)c1ccccc1n2-c1cc(-c2cc(-c3ccccc3)cc(-n3c4ccccc4c4ccccc43)c2)ccc1C#N. The summed E-state index contributed by atoms with van der Waals surface area (Å²) in [4.78, 5) is 0. The van der Waals surface area contributed by atoms with E-state index in [2.05, 4.69) is 130 Å². The fourth-order valence-corrected chi connectivity index (χ4v) is 7.20. The molecule has 0 unspecified atom stereocenters. The van der Waals surface area contributed by atoms with Crippen LogP contribution in [0.1, 0.15) is 11.1 Å². The molecule has 4 nitrogen and oxygen atoms in total. The van der Waals surface area contributed by atoms with Gasteiger partial charge < -0.3 is 9.13 Å². The molecule has 0 aliphatic heterocycles. The molecule has 0 aliphatic carbocycles. The third-order valence-corrected chi connectivity index (χ3v) is 9.36. The summed E-state index contributed by atoms with van der Waals surface area (Å²) in [6, 6.07) is 59.1. The highest BCUT2D eigenvalue weighted by atomic mass is 15.0. The fourth-order valence-electron chi connectivity index (χ4n) is 7.20. The van der Waals surface area contributed by atoms with Gasteiger partial charge in [0.2, 0.25) is 0 Å². The van der Waals surface area contributed by atoms with E-state index in [1.807, 2.05) is 48.5 Å². The molecule has 2 aromatic heterocycles. The summed E-state index contributed by atoms with van der Waals surface area (Å²) >= 11 is 0. The van der Waals surface area contributed by atoms with E-state index in [0.717, 1.165) is 66.5 Å². The third kappa shape index (κ3) is 4.22. The van der Waals surface area contributed by atoms with E-state index in [9.17, 15) is 10.5 Å². The summed E-state index contributed by atoms with van der Waals surface area (Å²) in [5.74, 6) is 0. The molecule has 0 aliphatic rings. The number of hydrogen-bond donors (Lipinski definition) is 0. The zero-order valence-electron chi connectivity index (χ0n) is 25.8. The Bertz CT molecular complexity index is 2750. The predicted molar refractivity (Wildman–Crippen MR) is 195 cm³/mol. The van der Waals surface area contributed by atoms with Gasteiger partial charge in [0.1, 0.15) is 6.07 Å². The van der Waals surface area contributed by atoms with Crippen LogP contribution in [0.3, 0.4) is 0 Å². The number of nitrogens with zero attached hydrogens (tertiary/aromatic N) is 4. The predicted octanol–water partition coefficient (Wildman–Crippen LogP) is 11.0. The molecular weight excluding hydrogens is 585 g/mol. The van der Waals surface area contributed by atoms with Gasteiger partial charge in [-0.1, -0.05) is 91.0 Å². The van der Waals surface area contributed by atoms with Crippen molar-refractivity contribution in [3.8, 4) is 45.8 Å². The van der Waals surface area contributed by atoms with E-state index >= 15 is 0 Å². The van der Waals surface area contributed by atoms with E-state index in [1.54, 1.807) is 0 Å². The van der Waals surface area contributed by atoms with Crippen molar-refractivity contribution in [2.24, 2.45) is 0 Å². The maximum absolute atomic E-state index is 10.4. The van der Waals surface area contributed by atoms with Gasteiger partial charge in [-0.2, -0.15) is 10.5 Å². The minimum atomic E-state index is 0.576. The summed E-state index contributed by atoms with van der Waals surface area (Å²) < 4.78 is 4.51. The summed E-state index contributed by atoms with van der Waals surface area (Å²) in [6.07, 6.45) is 0. The van der Waals surface area contributed by atoms with Gasteiger partial charge in [0.05, 0.1) is 45.0 Å². The zero-order valence-corrected chi connectivity index (χ0v) is 25.8. The highest BCUT2D eigenvalue weighted by molar-refractivity contribution is 6.10. The average molecular weight is 611 g/mol. The van der Waals surface area contributed by atoms with Crippen LogP contribution in [0, 0.1) is 22.7 Å². The van der Waals surface area contributed by atoms with Crippen molar-refractivity contribution in [3.63, 3.8) is 0 Å². The highest BCUT2D eigenvalue weighted by Gasteiger charge is 2.18. The Balaban J connectivity index is 1.32. The van der Waals surface area contributed by atoms with E-state index in [1.165, 1.54) is 10.8 Å². The van der Waals surface area contributed by atoms with Crippen LogP contribution >= 0.6 is 0 Å². The van der Waals surface area contributed by atoms with E-state index in [0.29, 0.717) is 11.1 Å². The van der Waals surface area contributed by atoms with Crippen molar-refractivity contribution >= 4 is 43.6 Å². The second kappa shape index (κ2) is 10.9. The first-order valence-electron chi connectivity index (χ1n) is 15.9. The van der Waals surface area contributed by atoms with Crippen molar-refractivity contribution < 1.29 is 0 Å². The van der Waals surface area contributed by atoms with Crippen LogP contribution in [0.5, 0.6) is 0 Å². The molecule has 7 aromatic carbocycles. The first-order chi connectivity index (χ1) is 23.7. The van der Waals surface area contributed by atoms with Gasteiger partial charge in [-0.3, -0.25) is 0 Å². The Morgan fingerprint density at radius 1 is 0.375 bits per heavy atom. The number of hydrogen-bond acceptors (Lipinski definition) is 2. The van der Waals surface area contributed by atoms with Crippen LogP contribution < -0.4 is 0 Å². The van der Waals surface area contributed by atoms with Crippen LogP contribution in [0.15, 0.2) is 158 Å². The number of benzene rings is 7. The van der Waals surface area contributed by atoms with Crippen LogP contribution in [-0.2, 0) is 0 Å². The maximum Gasteiger partial charge on any atom is 0.101 e. The lowest BCUT2D eigenvalue weighted by Gasteiger charge is -2.16. The molecule has 48 heavy (non-hydrogen) atoms. The van der Waals surface area contributed by atoms with Gasteiger partial charge in [0.15, 0.2) is 0 Å². The molecule has 222 valence electrons. The normalized spacial score (nSPS) is 11.3. The quantitative estimate of drug-likeness (QED) is 0.199. The first-order valence-corrected chi connectivity index (χ1v) is 15.9. The smallest absolute Gasteiger partial charge is 0.101 e. The average Bonchev–Trinajstić information content (AvgIpc) is 3.67. The number of rotatable bonds is 4. The highest BCUT2D eigenvalue weighted by Crippen LogP contribution is 2.38. The van der Waals surface area contributed by atoms with E-state index in [-0.39, 0.29) is 0 Å². The van der Waals surface area contributed by atoms with Crippen LogP contribution in [0.2, 0.25) is 0 Å². The maximum atomic E-state index is 10.4. The molecule has 0 bridgehead atoms. The van der Waals surface area contributed by atoms with Gasteiger partial charge in [-0.15, -0.1) is 0 Å². The molecule has 0 saturated carbocycles. The molecule has 9 rings (SSSR count). The van der Waals surface area contributed by atoms with E-state index < -0.39 is 0 Å². The second-order valence-corrected chi connectivity index (χ2v) is 12.0. The van der Waals surface area contributed by atoms with Gasteiger partial charge >= 0.3 is 0 Å². The molecule has 2 heterocycles. The molecule has 0 atom stereocenters. The molecule has 0 spiro atoms. The molecule has 4 heteroatoms. The monoisotopic (exact) mass is 610 g/mol. The molecule has 0 saturated heterocycles. The van der Waals surface area contributed by atoms with Gasteiger partial charge in [0.25, 0.3) is 0 Å². The van der Waals surface area contributed by atoms with Crippen molar-refractivity contribution in [3.05, 3.63) is 169 Å². The minimum absolute atomic E-state index is 0.576. The second-order valence-electron chi connectivity index (χ2n) is 12.0. The molecule has 0 fully saturated rings. The summed E-state index contributed by atoms with van der Waals surface area (Å²) in [5.41, 5.74) is 11.6. The summed E-state index contributed by atoms with van der Waals surface area (Å²) in [5, 5.41) is 24.5. The lowest BCUT2D eigenvalue weighted by atomic mass is 9.96. The molecule has 9 aromatic rings. The Morgan fingerprint density at radius 2 is 0.938 bits per heavy atom. The largest absolute Gasteiger partial charge is 0.309 e. The van der Waals surface area contributed by atoms with Crippen molar-refractivity contribution in [2.45, 2.75) is 0 Å². The van der Waals surface area contributed by atoms with Crippen molar-refractivity contribution in [1.82, 2.24) is 9.13 Å². The zero-order chi connectivity index (χ0) is 32.2. The van der Waals surface area contributed by atoms with Gasteiger partial charge in [0, 0.05) is 27.2 Å². The van der Waals surface area contributed by atoms with Crippen LogP contribution in [-0.4, -0.2) is 9.13 Å². The Labute approximate surface area is 277 Å². The van der Waals surface area contributed by atoms with Crippen LogP contribution in [0.4, 0.5) is 0 Å². The fraction of sp³-hybridized carbons (Fsp3) is 0. The molecule has 0 radical (unpaired) electrons. The van der Waals surface area contributed by atoms with Gasteiger partial charge in [-0.25, -0.2) is 0 Å². The van der Waals surface area contributed by atoms with E-state index in [4.69, 9.17) is 0 Å². The third-order valence-electron chi connectivity index (χ3n) is 9.36. The number of fused-ring (bicyclic) bond motifs is 6. The lowest BCUT2D eigenvalue weighted by Crippen LogP contribution is -1.99. The Kier molecular flexibility index (Phi) is 6.22. The number of aromatic nitrogens is 2. The lowest BCUT2D eigenvalue weighted by molar-refractivity contribution is 1.16. The minimum Gasteiger partial charge on any atom is -0.309 e. The first kappa shape index (κ1) is 27.4. The standard InChI is InChI=1S/C44H26N4/c45-27-29-18-21-43-39(22-29)38-14-6-9-17-42(38)48(43)44-26-31(19-20-32(44)28-46)34-23-33(30-10-2-1-3-11-30)24-35(25-34)47-40-15-7-4-12-36(40)37-13-5-8-16-41(37)47/h1-26H. The Hall–Kier alpha value is -6.88. The number of para-hydroxylation sites is 3.